The summed E-state index contributed by atoms with van der Waals surface area (Å²) < 4.78 is 2.49. The molecule has 166 valence electrons. The molecule has 6 rings (SSSR count). The molecule has 0 atom stereocenters. The molecule has 0 spiro atoms. The average molecular weight is 472 g/mol. The molecule has 33 heavy (non-hydrogen) atoms. The Bertz CT molecular complexity index is 1340. The number of aromatic nitrogens is 2. The predicted molar refractivity (Wildman–Crippen MR) is 140 cm³/mol. The van der Waals surface area contributed by atoms with Crippen molar-refractivity contribution < 1.29 is 0 Å². The number of thiazole rings is 2. The van der Waals surface area contributed by atoms with Gasteiger partial charge in [-0.25, -0.2) is 9.97 Å². The zero-order chi connectivity index (χ0) is 22.4. The van der Waals surface area contributed by atoms with Crippen LogP contribution in [0.1, 0.15) is 16.7 Å². The second kappa shape index (κ2) is 8.41. The number of aryl methyl sites for hydroxylation is 2. The fourth-order valence-electron chi connectivity index (χ4n) is 4.32. The number of fused-ring (bicyclic) bond motifs is 2. The molecule has 0 radical (unpaired) electrons. The zero-order valence-corrected chi connectivity index (χ0v) is 20.4. The Kier molecular flexibility index (Phi) is 5.25. The third-order valence-electron chi connectivity index (χ3n) is 5.94. The van der Waals surface area contributed by atoms with Crippen LogP contribution in [0.4, 0.5) is 10.3 Å². The van der Waals surface area contributed by atoms with E-state index in [1.54, 1.807) is 22.7 Å². The normalized spacial score (nSPS) is 15.1. The molecule has 3 heterocycles. The summed E-state index contributed by atoms with van der Waals surface area (Å²) in [5.41, 5.74) is 6.01. The van der Waals surface area contributed by atoms with E-state index < -0.39 is 0 Å². The monoisotopic (exact) mass is 471 g/mol. The molecule has 0 unspecified atom stereocenters. The average Bonchev–Trinajstić information content (AvgIpc) is 3.43. The zero-order valence-electron chi connectivity index (χ0n) is 18.7. The van der Waals surface area contributed by atoms with Crippen LogP contribution in [0.25, 0.3) is 20.4 Å². The maximum atomic E-state index is 4.98. The Morgan fingerprint density at radius 3 is 1.79 bits per heavy atom. The Labute approximate surface area is 201 Å². The van der Waals surface area contributed by atoms with E-state index in [9.17, 15) is 0 Å². The van der Waals surface area contributed by atoms with E-state index in [4.69, 9.17) is 9.97 Å². The Morgan fingerprint density at radius 2 is 1.24 bits per heavy atom. The van der Waals surface area contributed by atoms with Gasteiger partial charge in [0.25, 0.3) is 0 Å². The SMILES string of the molecule is Cc1ccc2nc(N3CN(Cc4ccccc4)CN(c4nc5ccc(C)cc5s4)C3)sc2c1. The van der Waals surface area contributed by atoms with E-state index in [-0.39, 0.29) is 0 Å². The molecule has 1 aliphatic heterocycles. The van der Waals surface area contributed by atoms with Gasteiger partial charge in [0.2, 0.25) is 0 Å². The maximum Gasteiger partial charge on any atom is 0.188 e. The van der Waals surface area contributed by atoms with E-state index in [0.29, 0.717) is 0 Å². The van der Waals surface area contributed by atoms with E-state index >= 15 is 0 Å². The number of hydrogen-bond donors (Lipinski definition) is 0. The summed E-state index contributed by atoms with van der Waals surface area (Å²) in [6.45, 7) is 7.63. The fourth-order valence-corrected chi connectivity index (χ4v) is 6.41. The van der Waals surface area contributed by atoms with E-state index in [0.717, 1.165) is 47.8 Å². The van der Waals surface area contributed by atoms with Gasteiger partial charge in [0, 0.05) is 6.54 Å². The molecule has 0 aliphatic carbocycles. The first-order chi connectivity index (χ1) is 16.1. The van der Waals surface area contributed by atoms with Gasteiger partial charge in [0.1, 0.15) is 0 Å². The Morgan fingerprint density at radius 1 is 0.697 bits per heavy atom. The Hall–Kier alpha value is -3.00. The molecule has 0 bridgehead atoms. The lowest BCUT2D eigenvalue weighted by Crippen LogP contribution is -2.55. The third-order valence-corrected chi connectivity index (χ3v) is 8.10. The number of benzene rings is 3. The van der Waals surface area contributed by atoms with Gasteiger partial charge in [-0.1, -0.05) is 65.1 Å². The van der Waals surface area contributed by atoms with Crippen LogP contribution in [0.2, 0.25) is 0 Å². The molecule has 2 aromatic heterocycles. The van der Waals surface area contributed by atoms with Crippen molar-refractivity contribution in [3.05, 3.63) is 83.4 Å². The van der Waals surface area contributed by atoms with Crippen LogP contribution in [0, 0.1) is 13.8 Å². The number of nitrogens with zero attached hydrogens (tertiary/aromatic N) is 5. The Balaban J connectivity index is 1.35. The molecule has 1 saturated heterocycles. The van der Waals surface area contributed by atoms with Gasteiger partial charge in [-0.15, -0.1) is 0 Å². The molecule has 7 heteroatoms. The van der Waals surface area contributed by atoms with Crippen molar-refractivity contribution in [1.82, 2.24) is 14.9 Å². The van der Waals surface area contributed by atoms with Crippen LogP contribution in [0.15, 0.2) is 66.7 Å². The van der Waals surface area contributed by atoms with Crippen LogP contribution in [0.5, 0.6) is 0 Å². The molecule has 5 aromatic rings. The molecule has 5 nitrogen and oxygen atoms in total. The highest BCUT2D eigenvalue weighted by Crippen LogP contribution is 2.34. The van der Waals surface area contributed by atoms with Gasteiger partial charge in [0.15, 0.2) is 10.3 Å². The van der Waals surface area contributed by atoms with Gasteiger partial charge < -0.3 is 9.80 Å². The van der Waals surface area contributed by atoms with Gasteiger partial charge in [0.05, 0.1) is 40.4 Å². The van der Waals surface area contributed by atoms with Crippen molar-refractivity contribution in [2.24, 2.45) is 0 Å². The highest BCUT2D eigenvalue weighted by molar-refractivity contribution is 7.22. The molecule has 1 aliphatic rings. The van der Waals surface area contributed by atoms with Crippen LogP contribution >= 0.6 is 22.7 Å². The first kappa shape index (κ1) is 20.6. The molecular formula is C26H25N5S2. The van der Waals surface area contributed by atoms with Crippen LogP contribution in [-0.2, 0) is 6.54 Å². The minimum absolute atomic E-state index is 0.781. The second-order valence-corrected chi connectivity index (χ2v) is 10.8. The molecule has 1 fully saturated rings. The molecule has 0 amide bonds. The van der Waals surface area contributed by atoms with Crippen LogP contribution < -0.4 is 9.80 Å². The largest absolute Gasteiger partial charge is 0.317 e. The highest BCUT2D eigenvalue weighted by atomic mass is 32.1. The molecular weight excluding hydrogens is 446 g/mol. The summed E-state index contributed by atoms with van der Waals surface area (Å²) in [5, 5.41) is 2.13. The second-order valence-electron chi connectivity index (χ2n) is 8.75. The molecule has 0 saturated carbocycles. The molecule has 0 N–H and O–H groups in total. The smallest absolute Gasteiger partial charge is 0.188 e. The van der Waals surface area contributed by atoms with Crippen molar-refractivity contribution >= 4 is 53.4 Å². The summed E-state index contributed by atoms with van der Waals surface area (Å²) in [6, 6.07) is 23.7. The summed E-state index contributed by atoms with van der Waals surface area (Å²) in [5.74, 6) is 0. The predicted octanol–water partition coefficient (Wildman–Crippen LogP) is 6.22. The topological polar surface area (TPSA) is 35.5 Å². The van der Waals surface area contributed by atoms with Crippen molar-refractivity contribution in [3.8, 4) is 0 Å². The van der Waals surface area contributed by atoms with Crippen molar-refractivity contribution in [3.63, 3.8) is 0 Å². The lowest BCUT2D eigenvalue weighted by Gasteiger charge is -2.42. The van der Waals surface area contributed by atoms with Gasteiger partial charge in [-0.3, -0.25) is 4.90 Å². The minimum Gasteiger partial charge on any atom is -0.317 e. The first-order valence-corrected chi connectivity index (χ1v) is 12.7. The summed E-state index contributed by atoms with van der Waals surface area (Å²) in [6.07, 6.45) is 0. The quantitative estimate of drug-likeness (QED) is 0.311. The number of hydrogen-bond acceptors (Lipinski definition) is 7. The fraction of sp³-hybridized carbons (Fsp3) is 0.231. The van der Waals surface area contributed by atoms with Crippen molar-refractivity contribution in [2.75, 3.05) is 29.8 Å². The van der Waals surface area contributed by atoms with E-state index in [1.807, 2.05) is 0 Å². The summed E-state index contributed by atoms with van der Waals surface area (Å²) in [4.78, 5) is 17.2. The van der Waals surface area contributed by atoms with Crippen LogP contribution in [0.3, 0.4) is 0 Å². The lowest BCUT2D eigenvalue weighted by molar-refractivity contribution is 0.234. The van der Waals surface area contributed by atoms with Gasteiger partial charge in [-0.2, -0.15) is 0 Å². The van der Waals surface area contributed by atoms with E-state index in [2.05, 4.69) is 95.3 Å². The summed E-state index contributed by atoms with van der Waals surface area (Å²) >= 11 is 3.55. The number of rotatable bonds is 4. The highest BCUT2D eigenvalue weighted by Gasteiger charge is 2.27. The summed E-state index contributed by atoms with van der Waals surface area (Å²) in [7, 11) is 0. The van der Waals surface area contributed by atoms with Gasteiger partial charge in [-0.05, 0) is 54.8 Å². The lowest BCUT2D eigenvalue weighted by atomic mass is 10.2. The first-order valence-electron chi connectivity index (χ1n) is 11.1. The van der Waals surface area contributed by atoms with Crippen LogP contribution in [-0.4, -0.2) is 34.9 Å². The van der Waals surface area contributed by atoms with Gasteiger partial charge >= 0.3 is 0 Å². The van der Waals surface area contributed by atoms with Crippen molar-refractivity contribution in [2.45, 2.75) is 20.4 Å². The molecule has 3 aromatic carbocycles. The van der Waals surface area contributed by atoms with E-state index in [1.165, 1.54) is 26.1 Å². The van der Waals surface area contributed by atoms with Crippen molar-refractivity contribution in [1.29, 1.82) is 0 Å². The maximum absolute atomic E-state index is 4.98. The standard InChI is InChI=1S/C26H25N5S2/c1-18-8-10-21-23(12-18)32-25(27-21)30-15-29(14-20-6-4-3-5-7-20)16-31(17-30)26-28-22-11-9-19(2)13-24(22)33-26/h3-13H,14-17H2,1-2H3. The third kappa shape index (κ3) is 4.19. The number of anilines is 2. The minimum atomic E-state index is 0.781.